The highest BCUT2D eigenvalue weighted by molar-refractivity contribution is 5.55. The van der Waals surface area contributed by atoms with Crippen LogP contribution in [0.3, 0.4) is 0 Å². The molecule has 6 nitrogen and oxygen atoms in total. The van der Waals surface area contributed by atoms with Gasteiger partial charge in [-0.05, 0) is 47.7 Å². The zero-order chi connectivity index (χ0) is 18.4. The highest BCUT2D eigenvalue weighted by Gasteiger charge is 2.40. The molecule has 2 atom stereocenters. The molecule has 0 amide bonds. The SMILES string of the molecule is COc1cc2c(cc1O)C[C@H]1c3c(ccc(OC)c3O)CCN1[C@H]2CO. The second-order valence-electron chi connectivity index (χ2n) is 6.82. The standard InChI is InChI=1S/C20H23NO5/c1-25-17-4-3-11-5-6-21-14(19(11)20(17)24)7-12-8-16(23)18(26-2)9-13(12)15(21)10-22/h3-4,8-9,14-15,22-24H,5-7,10H2,1-2H3/t14-,15-/m0/s1. The number of methoxy groups -OCH3 is 2. The number of phenolic OH excluding ortho intramolecular Hbond substituents is 2. The number of aliphatic hydroxyl groups is 1. The molecule has 4 rings (SSSR count). The minimum atomic E-state index is -0.211. The summed E-state index contributed by atoms with van der Waals surface area (Å²) in [5.41, 5.74) is 3.88. The van der Waals surface area contributed by atoms with Gasteiger partial charge in [0.1, 0.15) is 0 Å². The van der Waals surface area contributed by atoms with Crippen molar-refractivity contribution >= 4 is 0 Å². The fourth-order valence-corrected chi connectivity index (χ4v) is 4.42. The van der Waals surface area contributed by atoms with Gasteiger partial charge >= 0.3 is 0 Å². The zero-order valence-corrected chi connectivity index (χ0v) is 14.9. The molecule has 26 heavy (non-hydrogen) atoms. The minimum Gasteiger partial charge on any atom is -0.504 e. The van der Waals surface area contributed by atoms with Gasteiger partial charge in [0.15, 0.2) is 23.0 Å². The van der Waals surface area contributed by atoms with Crippen molar-refractivity contribution in [3.8, 4) is 23.0 Å². The maximum atomic E-state index is 10.7. The highest BCUT2D eigenvalue weighted by Crippen LogP contribution is 2.50. The van der Waals surface area contributed by atoms with Crippen LogP contribution in [0, 0.1) is 0 Å². The van der Waals surface area contributed by atoms with E-state index in [9.17, 15) is 15.3 Å². The van der Waals surface area contributed by atoms with E-state index in [0.717, 1.165) is 35.2 Å². The first-order valence-electron chi connectivity index (χ1n) is 8.74. The first-order chi connectivity index (χ1) is 12.6. The fourth-order valence-electron chi connectivity index (χ4n) is 4.42. The number of hydrogen-bond donors (Lipinski definition) is 3. The van der Waals surface area contributed by atoms with E-state index in [1.54, 1.807) is 19.2 Å². The Morgan fingerprint density at radius 1 is 1.08 bits per heavy atom. The van der Waals surface area contributed by atoms with E-state index in [4.69, 9.17) is 9.47 Å². The Labute approximate surface area is 152 Å². The summed E-state index contributed by atoms with van der Waals surface area (Å²) in [5.74, 6) is 1.11. The average molecular weight is 357 g/mol. The first-order valence-corrected chi connectivity index (χ1v) is 8.74. The summed E-state index contributed by atoms with van der Waals surface area (Å²) in [7, 11) is 3.06. The number of ether oxygens (including phenoxy) is 2. The Kier molecular flexibility index (Phi) is 4.17. The Hall–Kier alpha value is -2.44. The Morgan fingerprint density at radius 3 is 2.54 bits per heavy atom. The van der Waals surface area contributed by atoms with Gasteiger partial charge in [-0.2, -0.15) is 0 Å². The van der Waals surface area contributed by atoms with Gasteiger partial charge in [0, 0.05) is 18.2 Å². The van der Waals surface area contributed by atoms with Crippen LogP contribution >= 0.6 is 0 Å². The quantitative estimate of drug-likeness (QED) is 0.782. The molecule has 0 bridgehead atoms. The molecular formula is C20H23NO5. The molecule has 2 aromatic carbocycles. The molecule has 2 aliphatic rings. The fraction of sp³-hybridized carbons (Fsp3) is 0.400. The maximum Gasteiger partial charge on any atom is 0.162 e. The summed E-state index contributed by atoms with van der Waals surface area (Å²) in [6.45, 7) is 0.745. The van der Waals surface area contributed by atoms with Crippen LogP contribution in [0.4, 0.5) is 0 Å². The summed E-state index contributed by atoms with van der Waals surface area (Å²) in [5, 5.41) is 31.0. The first kappa shape index (κ1) is 17.0. The topological polar surface area (TPSA) is 82.4 Å². The maximum absolute atomic E-state index is 10.7. The Morgan fingerprint density at radius 2 is 1.85 bits per heavy atom. The summed E-state index contributed by atoms with van der Waals surface area (Å²) < 4.78 is 10.5. The Bertz CT molecular complexity index is 851. The molecule has 0 saturated heterocycles. The molecule has 0 spiro atoms. The van der Waals surface area contributed by atoms with Crippen LogP contribution in [0.1, 0.15) is 34.3 Å². The van der Waals surface area contributed by atoms with E-state index in [0.29, 0.717) is 17.9 Å². The van der Waals surface area contributed by atoms with Crippen LogP contribution in [-0.4, -0.2) is 47.6 Å². The van der Waals surface area contributed by atoms with Crippen molar-refractivity contribution in [2.75, 3.05) is 27.4 Å². The van der Waals surface area contributed by atoms with Gasteiger partial charge in [0.05, 0.1) is 26.9 Å². The van der Waals surface area contributed by atoms with Crippen LogP contribution in [0.2, 0.25) is 0 Å². The zero-order valence-electron chi connectivity index (χ0n) is 14.9. The molecule has 3 N–H and O–H groups in total. The second kappa shape index (κ2) is 6.37. The lowest BCUT2D eigenvalue weighted by Gasteiger charge is -2.46. The molecule has 0 aliphatic carbocycles. The number of aliphatic hydroxyl groups excluding tert-OH is 1. The Balaban J connectivity index is 1.86. The average Bonchev–Trinajstić information content (AvgIpc) is 2.65. The van der Waals surface area contributed by atoms with Crippen molar-refractivity contribution in [2.24, 2.45) is 0 Å². The third-order valence-corrected chi connectivity index (χ3v) is 5.65. The molecule has 0 radical (unpaired) electrons. The molecule has 0 aromatic heterocycles. The highest BCUT2D eigenvalue weighted by atomic mass is 16.5. The number of nitrogens with zero attached hydrogens (tertiary/aromatic N) is 1. The van der Waals surface area contributed by atoms with Crippen LogP contribution in [-0.2, 0) is 12.8 Å². The molecule has 0 saturated carbocycles. The van der Waals surface area contributed by atoms with E-state index in [1.807, 2.05) is 12.1 Å². The van der Waals surface area contributed by atoms with Gasteiger partial charge in [-0.1, -0.05) is 6.07 Å². The number of fused-ring (bicyclic) bond motifs is 4. The number of phenols is 2. The third kappa shape index (κ3) is 2.40. The summed E-state index contributed by atoms with van der Waals surface area (Å²) in [6, 6.07) is 7.02. The van der Waals surface area contributed by atoms with Crippen molar-refractivity contribution in [1.82, 2.24) is 4.90 Å². The van der Waals surface area contributed by atoms with Crippen LogP contribution in [0.25, 0.3) is 0 Å². The number of benzene rings is 2. The van der Waals surface area contributed by atoms with Gasteiger partial charge in [-0.25, -0.2) is 0 Å². The minimum absolute atomic E-state index is 0.0442. The summed E-state index contributed by atoms with van der Waals surface area (Å²) in [6.07, 6.45) is 1.43. The van der Waals surface area contributed by atoms with Crippen LogP contribution in [0.5, 0.6) is 23.0 Å². The summed E-state index contributed by atoms with van der Waals surface area (Å²) >= 11 is 0. The predicted octanol–water partition coefficient (Wildman–Crippen LogP) is 2.30. The van der Waals surface area contributed by atoms with Crippen LogP contribution in [0.15, 0.2) is 24.3 Å². The van der Waals surface area contributed by atoms with Gasteiger partial charge in [0.2, 0.25) is 0 Å². The van der Waals surface area contributed by atoms with Gasteiger partial charge in [-0.3, -0.25) is 4.90 Å². The number of hydrogen-bond acceptors (Lipinski definition) is 6. The molecule has 2 aromatic rings. The smallest absolute Gasteiger partial charge is 0.162 e. The van der Waals surface area contributed by atoms with E-state index >= 15 is 0 Å². The van der Waals surface area contributed by atoms with Crippen molar-refractivity contribution in [3.63, 3.8) is 0 Å². The molecule has 2 heterocycles. The molecule has 138 valence electrons. The number of aromatic hydroxyl groups is 2. The molecule has 0 unspecified atom stereocenters. The van der Waals surface area contributed by atoms with Gasteiger partial charge in [0.25, 0.3) is 0 Å². The number of rotatable bonds is 3. The van der Waals surface area contributed by atoms with E-state index in [-0.39, 0.29) is 30.2 Å². The molecular weight excluding hydrogens is 334 g/mol. The van der Waals surface area contributed by atoms with Crippen molar-refractivity contribution < 1.29 is 24.8 Å². The van der Waals surface area contributed by atoms with Crippen molar-refractivity contribution in [2.45, 2.75) is 24.9 Å². The normalized spacial score (nSPS) is 21.5. The lowest BCUT2D eigenvalue weighted by molar-refractivity contribution is 0.0612. The van der Waals surface area contributed by atoms with Crippen molar-refractivity contribution in [3.05, 3.63) is 46.5 Å². The van der Waals surface area contributed by atoms with E-state index < -0.39 is 0 Å². The monoisotopic (exact) mass is 357 g/mol. The second-order valence-corrected chi connectivity index (χ2v) is 6.82. The van der Waals surface area contributed by atoms with E-state index in [1.165, 1.54) is 7.11 Å². The molecule has 2 aliphatic heterocycles. The summed E-state index contributed by atoms with van der Waals surface area (Å²) in [4.78, 5) is 2.22. The molecule has 6 heteroatoms. The van der Waals surface area contributed by atoms with Gasteiger partial charge < -0.3 is 24.8 Å². The van der Waals surface area contributed by atoms with Gasteiger partial charge in [-0.15, -0.1) is 0 Å². The predicted molar refractivity (Wildman–Crippen MR) is 96.0 cm³/mol. The molecule has 0 fully saturated rings. The van der Waals surface area contributed by atoms with E-state index in [2.05, 4.69) is 4.90 Å². The largest absolute Gasteiger partial charge is 0.504 e. The van der Waals surface area contributed by atoms with Crippen molar-refractivity contribution in [1.29, 1.82) is 0 Å². The lowest BCUT2D eigenvalue weighted by Crippen LogP contribution is -2.44. The lowest BCUT2D eigenvalue weighted by atomic mass is 9.80. The third-order valence-electron chi connectivity index (χ3n) is 5.65. The van der Waals surface area contributed by atoms with Crippen LogP contribution < -0.4 is 9.47 Å².